The van der Waals surface area contributed by atoms with E-state index in [4.69, 9.17) is 10.4 Å². The van der Waals surface area contributed by atoms with E-state index in [0.29, 0.717) is 5.56 Å². The summed E-state index contributed by atoms with van der Waals surface area (Å²) in [6, 6.07) is 14.4. The van der Waals surface area contributed by atoms with Gasteiger partial charge in [-0.3, -0.25) is 0 Å². The molecule has 0 bridgehead atoms. The third-order valence-corrected chi connectivity index (χ3v) is 4.73. The molecule has 2 rings (SSSR count). The average molecular weight is 381 g/mol. The van der Waals surface area contributed by atoms with Crippen LogP contribution in [0.3, 0.4) is 0 Å². The second kappa shape index (κ2) is 6.08. The first-order valence-electron chi connectivity index (χ1n) is 5.31. The SMILES string of the molecule is N#Cc1ccc(Sc2ccc(C(=O)O)cc2I)cc1. The van der Waals surface area contributed by atoms with E-state index in [9.17, 15) is 4.79 Å². The van der Waals surface area contributed by atoms with Crippen LogP contribution >= 0.6 is 34.4 Å². The first-order chi connectivity index (χ1) is 9.10. The molecule has 0 aromatic heterocycles. The molecule has 0 fully saturated rings. The van der Waals surface area contributed by atoms with Crippen LogP contribution in [0.1, 0.15) is 15.9 Å². The van der Waals surface area contributed by atoms with E-state index < -0.39 is 5.97 Å². The van der Waals surface area contributed by atoms with Crippen molar-refractivity contribution in [2.45, 2.75) is 9.79 Å². The Balaban J connectivity index is 2.23. The van der Waals surface area contributed by atoms with Crippen molar-refractivity contribution in [1.82, 2.24) is 0 Å². The Labute approximate surface area is 128 Å². The molecule has 3 nitrogen and oxygen atoms in total. The van der Waals surface area contributed by atoms with E-state index in [1.807, 2.05) is 12.1 Å². The Kier molecular flexibility index (Phi) is 4.45. The Hall–Kier alpha value is -1.52. The monoisotopic (exact) mass is 381 g/mol. The summed E-state index contributed by atoms with van der Waals surface area (Å²) in [6.07, 6.45) is 0. The number of aromatic carboxylic acids is 1. The second-order valence-electron chi connectivity index (χ2n) is 3.69. The van der Waals surface area contributed by atoms with Gasteiger partial charge in [0.25, 0.3) is 0 Å². The van der Waals surface area contributed by atoms with Crippen LogP contribution in [0.5, 0.6) is 0 Å². The van der Waals surface area contributed by atoms with Gasteiger partial charge >= 0.3 is 5.97 Å². The predicted octanol–water partition coefficient (Wildman–Crippen LogP) is 4.01. The summed E-state index contributed by atoms with van der Waals surface area (Å²) in [7, 11) is 0. The van der Waals surface area contributed by atoms with Gasteiger partial charge in [0.05, 0.1) is 17.2 Å². The minimum atomic E-state index is -0.923. The maximum absolute atomic E-state index is 10.9. The number of nitrogens with zero attached hydrogens (tertiary/aromatic N) is 1. The first kappa shape index (κ1) is 13.9. The van der Waals surface area contributed by atoms with Gasteiger partial charge in [0.1, 0.15) is 0 Å². The van der Waals surface area contributed by atoms with E-state index in [-0.39, 0.29) is 5.56 Å². The zero-order valence-corrected chi connectivity index (χ0v) is 12.6. The van der Waals surface area contributed by atoms with Crippen molar-refractivity contribution < 1.29 is 9.90 Å². The number of nitriles is 1. The lowest BCUT2D eigenvalue weighted by Gasteiger charge is -2.05. The van der Waals surface area contributed by atoms with Crippen LogP contribution in [0, 0.1) is 14.9 Å². The molecule has 0 heterocycles. The van der Waals surface area contributed by atoms with Gasteiger partial charge in [0.2, 0.25) is 0 Å². The Morgan fingerprint density at radius 3 is 2.42 bits per heavy atom. The summed E-state index contributed by atoms with van der Waals surface area (Å²) in [5.74, 6) is -0.923. The summed E-state index contributed by atoms with van der Waals surface area (Å²) in [4.78, 5) is 12.9. The number of hydrogen-bond acceptors (Lipinski definition) is 3. The third kappa shape index (κ3) is 3.49. The molecule has 0 saturated carbocycles. The van der Waals surface area contributed by atoms with E-state index >= 15 is 0 Å². The molecule has 0 aliphatic rings. The molecule has 0 amide bonds. The van der Waals surface area contributed by atoms with Crippen molar-refractivity contribution in [3.63, 3.8) is 0 Å². The number of carboxylic acid groups (broad SMARTS) is 1. The predicted molar refractivity (Wildman–Crippen MR) is 81.4 cm³/mol. The molecule has 5 heteroatoms. The zero-order valence-electron chi connectivity index (χ0n) is 9.63. The molecule has 2 aromatic carbocycles. The lowest BCUT2D eigenvalue weighted by Crippen LogP contribution is -1.96. The smallest absolute Gasteiger partial charge is 0.335 e. The standard InChI is InChI=1S/C14H8INO2S/c15-12-7-10(14(17)18)3-6-13(12)19-11-4-1-9(8-16)2-5-11/h1-7H,(H,17,18). The summed E-state index contributed by atoms with van der Waals surface area (Å²) < 4.78 is 0.895. The molecular weight excluding hydrogens is 373 g/mol. The van der Waals surface area contributed by atoms with Gasteiger partial charge in [-0.2, -0.15) is 5.26 Å². The number of halogens is 1. The highest BCUT2D eigenvalue weighted by Crippen LogP contribution is 2.32. The molecule has 0 spiro atoms. The number of carboxylic acids is 1. The molecule has 0 atom stereocenters. The minimum absolute atomic E-state index is 0.286. The van der Waals surface area contributed by atoms with Crippen LogP contribution in [0.2, 0.25) is 0 Å². The fourth-order valence-electron chi connectivity index (χ4n) is 1.44. The van der Waals surface area contributed by atoms with Crippen LogP contribution < -0.4 is 0 Å². The molecule has 0 aliphatic heterocycles. The van der Waals surface area contributed by atoms with Crippen LogP contribution in [0.15, 0.2) is 52.3 Å². The molecule has 19 heavy (non-hydrogen) atoms. The van der Waals surface area contributed by atoms with Gasteiger partial charge in [0.15, 0.2) is 0 Å². The van der Waals surface area contributed by atoms with Crippen molar-refractivity contribution in [1.29, 1.82) is 5.26 Å². The lowest BCUT2D eigenvalue weighted by atomic mass is 10.2. The van der Waals surface area contributed by atoms with Crippen molar-refractivity contribution in [3.8, 4) is 6.07 Å². The molecule has 1 N–H and O–H groups in total. The maximum Gasteiger partial charge on any atom is 0.335 e. The van der Waals surface area contributed by atoms with E-state index in [1.54, 1.807) is 42.1 Å². The highest BCUT2D eigenvalue weighted by molar-refractivity contribution is 14.1. The largest absolute Gasteiger partial charge is 0.478 e. The molecular formula is C14H8INO2S. The number of hydrogen-bond donors (Lipinski definition) is 1. The van der Waals surface area contributed by atoms with Crippen LogP contribution in [-0.4, -0.2) is 11.1 Å². The van der Waals surface area contributed by atoms with Crippen LogP contribution in [0.25, 0.3) is 0 Å². The molecule has 0 unspecified atom stereocenters. The zero-order chi connectivity index (χ0) is 13.8. The third-order valence-electron chi connectivity index (χ3n) is 2.39. The molecule has 0 aliphatic carbocycles. The molecule has 0 saturated heterocycles. The van der Waals surface area contributed by atoms with E-state index in [1.165, 1.54) is 0 Å². The van der Waals surface area contributed by atoms with Gasteiger partial charge in [-0.25, -0.2) is 4.79 Å². The second-order valence-corrected chi connectivity index (χ2v) is 5.97. The van der Waals surface area contributed by atoms with Gasteiger partial charge < -0.3 is 5.11 Å². The Morgan fingerprint density at radius 1 is 1.21 bits per heavy atom. The van der Waals surface area contributed by atoms with Gasteiger partial charge in [0, 0.05) is 13.4 Å². The number of rotatable bonds is 3. The van der Waals surface area contributed by atoms with Crippen molar-refractivity contribution in [3.05, 3.63) is 57.2 Å². The highest BCUT2D eigenvalue weighted by Gasteiger charge is 2.07. The van der Waals surface area contributed by atoms with E-state index in [2.05, 4.69) is 28.7 Å². The van der Waals surface area contributed by atoms with Crippen molar-refractivity contribution >= 4 is 40.3 Å². The summed E-state index contributed by atoms with van der Waals surface area (Å²) in [6.45, 7) is 0. The maximum atomic E-state index is 10.9. The number of benzene rings is 2. The average Bonchev–Trinajstić information content (AvgIpc) is 2.41. The molecule has 0 radical (unpaired) electrons. The number of carbonyl (C=O) groups is 1. The molecule has 2 aromatic rings. The van der Waals surface area contributed by atoms with Gasteiger partial charge in [-0.05, 0) is 65.1 Å². The van der Waals surface area contributed by atoms with Gasteiger partial charge in [-0.15, -0.1) is 0 Å². The van der Waals surface area contributed by atoms with Crippen molar-refractivity contribution in [2.24, 2.45) is 0 Å². The topological polar surface area (TPSA) is 61.1 Å². The van der Waals surface area contributed by atoms with E-state index in [0.717, 1.165) is 13.4 Å². The summed E-state index contributed by atoms with van der Waals surface area (Å²) >= 11 is 3.67. The normalized spacial score (nSPS) is 9.89. The van der Waals surface area contributed by atoms with Gasteiger partial charge in [-0.1, -0.05) is 11.8 Å². The fraction of sp³-hybridized carbons (Fsp3) is 0. The Bertz CT molecular complexity index is 662. The van der Waals surface area contributed by atoms with Crippen LogP contribution in [-0.2, 0) is 0 Å². The lowest BCUT2D eigenvalue weighted by molar-refractivity contribution is 0.0696. The molecule has 94 valence electrons. The summed E-state index contributed by atoms with van der Waals surface area (Å²) in [5.41, 5.74) is 0.911. The quantitative estimate of drug-likeness (QED) is 0.817. The minimum Gasteiger partial charge on any atom is -0.478 e. The van der Waals surface area contributed by atoms with Crippen molar-refractivity contribution in [2.75, 3.05) is 0 Å². The highest BCUT2D eigenvalue weighted by atomic mass is 127. The first-order valence-corrected chi connectivity index (χ1v) is 7.20. The summed E-state index contributed by atoms with van der Waals surface area (Å²) in [5, 5.41) is 17.6. The fourth-order valence-corrected chi connectivity index (χ4v) is 3.11. The van der Waals surface area contributed by atoms with Crippen LogP contribution in [0.4, 0.5) is 0 Å². The Morgan fingerprint density at radius 2 is 1.89 bits per heavy atom.